The second kappa shape index (κ2) is 13.6. The fourth-order valence-electron chi connectivity index (χ4n) is 5.21. The van der Waals surface area contributed by atoms with E-state index in [-0.39, 0.29) is 85.5 Å². The molecule has 1 aliphatic rings. The van der Waals surface area contributed by atoms with Crippen molar-refractivity contribution in [3.05, 3.63) is 62.3 Å². The van der Waals surface area contributed by atoms with Crippen LogP contribution in [0.3, 0.4) is 0 Å². The monoisotopic (exact) mass is 594 g/mol. The molecule has 1 saturated heterocycles. The molecule has 1 aromatic heterocycles. The molecule has 1 N–H and O–H groups in total. The Bertz CT molecular complexity index is 1650. The van der Waals surface area contributed by atoms with E-state index in [0.717, 1.165) is 5.56 Å². The molecule has 0 unspecified atom stereocenters. The number of nitrogens with one attached hydrogen (secondary N) is 1. The zero-order chi connectivity index (χ0) is 31.3. The Morgan fingerprint density at radius 1 is 0.953 bits per heavy atom. The first-order valence-electron chi connectivity index (χ1n) is 14.5. The number of fused-ring (bicyclic) bond motifs is 1. The SMILES string of the molecule is CCOC(=O)COc1cc(NC(=O)CC)c(C(=O)N2CCC(n3c(=O)c4cc(C)ccc4n(C)c3=O)CC2)cc1OCC. The molecular weight excluding hydrogens is 556 g/mol. The molecule has 230 valence electrons. The predicted octanol–water partition coefficient (Wildman–Crippen LogP) is 3.18. The summed E-state index contributed by atoms with van der Waals surface area (Å²) >= 11 is 0. The molecule has 3 aromatic rings. The minimum atomic E-state index is -0.567. The molecule has 0 saturated carbocycles. The van der Waals surface area contributed by atoms with Crippen LogP contribution in [0.1, 0.15) is 62.0 Å². The number of ether oxygens (including phenoxy) is 3. The number of hydrogen-bond acceptors (Lipinski definition) is 8. The van der Waals surface area contributed by atoms with Crippen LogP contribution in [0, 0.1) is 6.92 Å². The summed E-state index contributed by atoms with van der Waals surface area (Å²) < 4.78 is 19.1. The topological polar surface area (TPSA) is 138 Å². The summed E-state index contributed by atoms with van der Waals surface area (Å²) in [5.41, 5.74) is 1.18. The van der Waals surface area contributed by atoms with Crippen molar-refractivity contribution in [3.8, 4) is 11.5 Å². The van der Waals surface area contributed by atoms with Crippen LogP contribution in [0.5, 0.6) is 11.5 Å². The molecule has 2 aromatic carbocycles. The number of likely N-dealkylation sites (tertiary alicyclic amines) is 1. The molecule has 1 fully saturated rings. The lowest BCUT2D eigenvalue weighted by atomic mass is 10.0. The number of benzene rings is 2. The third-order valence-electron chi connectivity index (χ3n) is 7.43. The van der Waals surface area contributed by atoms with Crippen molar-refractivity contribution in [1.82, 2.24) is 14.0 Å². The van der Waals surface area contributed by atoms with Gasteiger partial charge < -0.3 is 24.4 Å². The van der Waals surface area contributed by atoms with Gasteiger partial charge in [-0.2, -0.15) is 0 Å². The predicted molar refractivity (Wildman–Crippen MR) is 161 cm³/mol. The van der Waals surface area contributed by atoms with E-state index in [1.807, 2.05) is 13.0 Å². The minimum Gasteiger partial charge on any atom is -0.490 e. The van der Waals surface area contributed by atoms with Crippen LogP contribution >= 0.6 is 0 Å². The lowest BCUT2D eigenvalue weighted by molar-refractivity contribution is -0.145. The standard InChI is InChI=1S/C31H38N4O8/c1-6-27(36)32-23-17-26(43-18-28(37)42-8-3)25(41-7-2)16-21(23)29(38)34-13-11-20(12-14-34)35-30(39)22-15-19(4)9-10-24(22)33(5)31(35)40/h9-10,15-17,20H,6-8,11-14,18H2,1-5H3,(H,32,36). The Labute approximate surface area is 249 Å². The summed E-state index contributed by atoms with van der Waals surface area (Å²) in [7, 11) is 1.65. The van der Waals surface area contributed by atoms with Crippen LogP contribution < -0.4 is 26.0 Å². The van der Waals surface area contributed by atoms with E-state index in [2.05, 4.69) is 5.32 Å². The number of rotatable bonds is 10. The maximum atomic E-state index is 13.8. The van der Waals surface area contributed by atoms with E-state index >= 15 is 0 Å². The molecule has 12 nitrogen and oxygen atoms in total. The highest BCUT2D eigenvalue weighted by Crippen LogP contribution is 2.35. The fourth-order valence-corrected chi connectivity index (χ4v) is 5.21. The van der Waals surface area contributed by atoms with Crippen molar-refractivity contribution in [2.45, 2.75) is 53.0 Å². The maximum Gasteiger partial charge on any atom is 0.344 e. The Morgan fingerprint density at radius 3 is 2.30 bits per heavy atom. The van der Waals surface area contributed by atoms with E-state index in [1.165, 1.54) is 21.3 Å². The first kappa shape index (κ1) is 31.3. The van der Waals surface area contributed by atoms with Gasteiger partial charge in [-0.1, -0.05) is 18.6 Å². The van der Waals surface area contributed by atoms with Crippen molar-refractivity contribution in [1.29, 1.82) is 0 Å². The van der Waals surface area contributed by atoms with Gasteiger partial charge in [-0.3, -0.25) is 23.5 Å². The van der Waals surface area contributed by atoms with Crippen molar-refractivity contribution >= 4 is 34.4 Å². The highest BCUT2D eigenvalue weighted by molar-refractivity contribution is 6.04. The number of carbonyl (C=O) groups is 3. The first-order chi connectivity index (χ1) is 20.6. The summed E-state index contributed by atoms with van der Waals surface area (Å²) in [5.74, 6) is -0.811. The largest absolute Gasteiger partial charge is 0.490 e. The third kappa shape index (κ3) is 6.73. The molecule has 12 heteroatoms. The normalized spacial score (nSPS) is 13.6. The van der Waals surface area contributed by atoms with Crippen LogP contribution in [0.25, 0.3) is 10.9 Å². The van der Waals surface area contributed by atoms with Gasteiger partial charge in [0.15, 0.2) is 18.1 Å². The lowest BCUT2D eigenvalue weighted by Gasteiger charge is -2.33. The van der Waals surface area contributed by atoms with Gasteiger partial charge in [0, 0.05) is 38.7 Å². The van der Waals surface area contributed by atoms with Crippen molar-refractivity contribution in [2.75, 3.05) is 38.2 Å². The van der Waals surface area contributed by atoms with Gasteiger partial charge in [-0.15, -0.1) is 0 Å². The van der Waals surface area contributed by atoms with Crippen LogP contribution in [-0.2, 0) is 21.4 Å². The Morgan fingerprint density at radius 2 is 1.65 bits per heavy atom. The average molecular weight is 595 g/mol. The lowest BCUT2D eigenvalue weighted by Crippen LogP contribution is -2.46. The Kier molecular flexibility index (Phi) is 9.89. The average Bonchev–Trinajstić information content (AvgIpc) is 3.00. The van der Waals surface area contributed by atoms with Gasteiger partial charge in [-0.25, -0.2) is 9.59 Å². The molecule has 0 atom stereocenters. The van der Waals surface area contributed by atoms with Gasteiger partial charge in [-0.05, 0) is 51.8 Å². The molecule has 1 aliphatic heterocycles. The van der Waals surface area contributed by atoms with Gasteiger partial charge in [0.25, 0.3) is 11.5 Å². The van der Waals surface area contributed by atoms with E-state index in [1.54, 1.807) is 44.9 Å². The van der Waals surface area contributed by atoms with Crippen LogP contribution in [0.15, 0.2) is 39.9 Å². The second-order valence-corrected chi connectivity index (χ2v) is 10.3. The number of anilines is 1. The summed E-state index contributed by atoms with van der Waals surface area (Å²) in [4.78, 5) is 66.3. The van der Waals surface area contributed by atoms with Gasteiger partial charge in [0.2, 0.25) is 5.91 Å². The Hall–Kier alpha value is -4.61. The molecule has 43 heavy (non-hydrogen) atoms. The summed E-state index contributed by atoms with van der Waals surface area (Å²) in [6.07, 6.45) is 0.974. The van der Waals surface area contributed by atoms with E-state index in [4.69, 9.17) is 14.2 Å². The van der Waals surface area contributed by atoms with Gasteiger partial charge in [0.05, 0.1) is 35.4 Å². The maximum absolute atomic E-state index is 13.8. The highest BCUT2D eigenvalue weighted by Gasteiger charge is 2.30. The van der Waals surface area contributed by atoms with Gasteiger partial charge >= 0.3 is 11.7 Å². The number of aryl methyl sites for hydroxylation is 2. The number of aromatic nitrogens is 2. The van der Waals surface area contributed by atoms with E-state index in [9.17, 15) is 24.0 Å². The molecule has 0 aliphatic carbocycles. The van der Waals surface area contributed by atoms with Gasteiger partial charge in [0.1, 0.15) is 0 Å². The number of amides is 2. The van der Waals surface area contributed by atoms with Crippen LogP contribution in [0.2, 0.25) is 0 Å². The molecule has 0 radical (unpaired) electrons. The summed E-state index contributed by atoms with van der Waals surface area (Å²) in [6, 6.07) is 8.01. The molecule has 4 rings (SSSR count). The highest BCUT2D eigenvalue weighted by atomic mass is 16.6. The third-order valence-corrected chi connectivity index (χ3v) is 7.43. The fraction of sp³-hybridized carbons (Fsp3) is 0.452. The zero-order valence-electron chi connectivity index (χ0n) is 25.2. The van der Waals surface area contributed by atoms with Crippen LogP contribution in [0.4, 0.5) is 5.69 Å². The molecular formula is C31H38N4O8. The second-order valence-electron chi connectivity index (χ2n) is 10.3. The zero-order valence-corrected chi connectivity index (χ0v) is 25.2. The van der Waals surface area contributed by atoms with E-state index < -0.39 is 11.7 Å². The summed E-state index contributed by atoms with van der Waals surface area (Å²) in [5, 5.41) is 3.23. The number of piperidine rings is 1. The minimum absolute atomic E-state index is 0.179. The van der Waals surface area contributed by atoms with Crippen molar-refractivity contribution in [2.24, 2.45) is 7.05 Å². The number of hydrogen-bond donors (Lipinski definition) is 1. The number of esters is 1. The molecule has 0 bridgehead atoms. The van der Waals surface area contributed by atoms with Crippen LogP contribution in [-0.4, -0.2) is 64.7 Å². The smallest absolute Gasteiger partial charge is 0.344 e. The van der Waals surface area contributed by atoms with E-state index in [0.29, 0.717) is 23.7 Å². The number of nitrogens with zero attached hydrogens (tertiary/aromatic N) is 3. The molecule has 2 amide bonds. The van der Waals surface area contributed by atoms with Crippen molar-refractivity contribution < 1.29 is 28.6 Å². The molecule has 0 spiro atoms. The number of carbonyl (C=O) groups excluding carboxylic acids is 3. The van der Waals surface area contributed by atoms with Crippen molar-refractivity contribution in [3.63, 3.8) is 0 Å². The molecule has 2 heterocycles. The first-order valence-corrected chi connectivity index (χ1v) is 14.5. The summed E-state index contributed by atoms with van der Waals surface area (Å²) in [6.45, 7) is 7.72. The quantitative estimate of drug-likeness (QED) is 0.353. The Balaban J connectivity index is 1.61.